The van der Waals surface area contributed by atoms with E-state index in [1.54, 1.807) is 19.1 Å². The number of carbonyl (C=O) groups is 1. The molecule has 0 fully saturated rings. The molecular formula is C10H11O5S-. The Balaban J connectivity index is 2.88. The number of hydrogen-bond donors (Lipinski definition) is 0. The van der Waals surface area contributed by atoms with E-state index in [4.69, 9.17) is 4.74 Å². The minimum Gasteiger partial charge on any atom is -0.768 e. The lowest BCUT2D eigenvalue weighted by Gasteiger charge is -2.13. The van der Waals surface area contributed by atoms with Gasteiger partial charge in [0, 0.05) is 0 Å². The fraction of sp³-hybridized carbons (Fsp3) is 0.300. The number of rotatable bonds is 4. The molecule has 0 aromatic heterocycles. The molecule has 16 heavy (non-hydrogen) atoms. The molecular weight excluding hydrogens is 232 g/mol. The minimum atomic E-state index is -2.39. The lowest BCUT2D eigenvalue weighted by atomic mass is 10.2. The van der Waals surface area contributed by atoms with Crippen molar-refractivity contribution in [1.82, 2.24) is 0 Å². The first-order valence-corrected chi connectivity index (χ1v) is 5.51. The molecule has 0 aliphatic heterocycles. The van der Waals surface area contributed by atoms with Crippen molar-refractivity contribution in [3.63, 3.8) is 0 Å². The Bertz CT molecular complexity index is 416. The highest BCUT2D eigenvalue weighted by atomic mass is 32.2. The number of hydrogen-bond acceptors (Lipinski definition) is 5. The third-order valence-electron chi connectivity index (χ3n) is 1.85. The average molecular weight is 243 g/mol. The quantitative estimate of drug-likeness (QED) is 0.577. The molecule has 0 amide bonds. The van der Waals surface area contributed by atoms with Crippen molar-refractivity contribution < 1.29 is 23.0 Å². The summed E-state index contributed by atoms with van der Waals surface area (Å²) < 4.78 is 31.2. The van der Waals surface area contributed by atoms with Crippen LogP contribution in [0.5, 0.6) is 5.75 Å². The molecule has 1 atom stereocenters. The third kappa shape index (κ3) is 3.32. The topological polar surface area (TPSA) is 75.7 Å². The monoisotopic (exact) mass is 243 g/mol. The van der Waals surface area contributed by atoms with Gasteiger partial charge in [-0.25, -0.2) is 4.79 Å². The molecule has 0 radical (unpaired) electrons. The number of methoxy groups -OCH3 is 1. The second-order valence-corrected chi connectivity index (χ2v) is 3.96. The maximum atomic E-state index is 10.9. The molecule has 1 unspecified atom stereocenters. The normalized spacial score (nSPS) is 11.9. The lowest BCUT2D eigenvalue weighted by Crippen LogP contribution is -2.13. The van der Waals surface area contributed by atoms with Gasteiger partial charge in [0.1, 0.15) is 5.75 Å². The molecule has 5 nitrogen and oxygen atoms in total. The van der Waals surface area contributed by atoms with Crippen LogP contribution in [0.25, 0.3) is 0 Å². The van der Waals surface area contributed by atoms with Crippen molar-refractivity contribution in [2.45, 2.75) is 11.8 Å². The van der Waals surface area contributed by atoms with E-state index in [-0.39, 0.29) is 17.3 Å². The van der Waals surface area contributed by atoms with E-state index < -0.39 is 17.0 Å². The average Bonchev–Trinajstić information content (AvgIpc) is 2.25. The van der Waals surface area contributed by atoms with Gasteiger partial charge in [-0.3, -0.25) is 4.21 Å². The first-order chi connectivity index (χ1) is 7.54. The predicted octanol–water partition coefficient (Wildman–Crippen LogP) is 0.785. The molecule has 1 aromatic carbocycles. The summed E-state index contributed by atoms with van der Waals surface area (Å²) in [6.07, 6.45) is 0. The van der Waals surface area contributed by atoms with Gasteiger partial charge < -0.3 is 14.0 Å². The summed E-state index contributed by atoms with van der Waals surface area (Å²) in [5.41, 5.74) is 0.842. The molecule has 1 aromatic rings. The highest BCUT2D eigenvalue weighted by Gasteiger charge is 2.07. The maximum Gasteiger partial charge on any atom is 0.343 e. The molecule has 0 heterocycles. The molecule has 88 valence electrons. The fourth-order valence-electron chi connectivity index (χ4n) is 1.06. The van der Waals surface area contributed by atoms with E-state index in [1.807, 2.05) is 0 Å². The summed E-state index contributed by atoms with van der Waals surface area (Å²) in [6, 6.07) is 4.62. The summed E-state index contributed by atoms with van der Waals surface area (Å²) in [7, 11) is 1.23. The molecule has 0 bridgehead atoms. The number of esters is 1. The Kier molecular flexibility index (Phi) is 4.45. The highest BCUT2D eigenvalue weighted by molar-refractivity contribution is 7.79. The Morgan fingerprint density at radius 3 is 2.75 bits per heavy atom. The van der Waals surface area contributed by atoms with E-state index in [1.165, 1.54) is 13.2 Å². The van der Waals surface area contributed by atoms with Gasteiger partial charge >= 0.3 is 5.97 Å². The summed E-state index contributed by atoms with van der Waals surface area (Å²) in [4.78, 5) is 10.9. The summed E-state index contributed by atoms with van der Waals surface area (Å²) in [6.45, 7) is 1.48. The van der Waals surface area contributed by atoms with Crippen molar-refractivity contribution in [1.29, 1.82) is 0 Å². The second-order valence-electron chi connectivity index (χ2n) is 3.05. The lowest BCUT2D eigenvalue weighted by molar-refractivity contribution is -0.142. The van der Waals surface area contributed by atoms with Crippen LogP contribution >= 0.6 is 0 Å². The van der Waals surface area contributed by atoms with Crippen LogP contribution in [0.2, 0.25) is 0 Å². The second kappa shape index (κ2) is 5.62. The van der Waals surface area contributed by atoms with Gasteiger partial charge in [0.05, 0.1) is 12.0 Å². The number of benzene rings is 1. The van der Waals surface area contributed by atoms with Gasteiger partial charge in [-0.2, -0.15) is 0 Å². The molecule has 0 spiro atoms. The van der Waals surface area contributed by atoms with Crippen LogP contribution in [0.3, 0.4) is 0 Å². The van der Waals surface area contributed by atoms with Crippen molar-refractivity contribution in [3.8, 4) is 5.75 Å². The van der Waals surface area contributed by atoms with Gasteiger partial charge in [0.15, 0.2) is 6.61 Å². The van der Waals surface area contributed by atoms with Crippen molar-refractivity contribution >= 4 is 17.0 Å². The zero-order chi connectivity index (χ0) is 12.1. The largest absolute Gasteiger partial charge is 0.768 e. The van der Waals surface area contributed by atoms with Crippen LogP contribution < -0.4 is 4.74 Å². The van der Waals surface area contributed by atoms with Crippen LogP contribution in [0.4, 0.5) is 0 Å². The molecule has 0 saturated heterocycles. The third-order valence-corrected chi connectivity index (χ3v) is 2.55. The van der Waals surface area contributed by atoms with Gasteiger partial charge in [-0.15, -0.1) is 0 Å². The van der Waals surface area contributed by atoms with E-state index in [9.17, 15) is 13.6 Å². The van der Waals surface area contributed by atoms with Crippen molar-refractivity contribution in [2.24, 2.45) is 0 Å². The van der Waals surface area contributed by atoms with Gasteiger partial charge in [-0.1, -0.05) is 6.07 Å². The van der Waals surface area contributed by atoms with Crippen LogP contribution in [0.15, 0.2) is 23.1 Å². The number of aryl methyl sites for hydroxylation is 1. The number of ether oxygens (including phenoxy) is 2. The standard InChI is InChI=1S/C10H12O5S/c1-7-3-4-9(16(12)13)8(5-7)15-6-10(11)14-2/h3-5H,6H2,1-2H3,(H,12,13)/p-1. The van der Waals surface area contributed by atoms with Crippen LogP contribution in [-0.4, -0.2) is 28.4 Å². The molecule has 0 aliphatic carbocycles. The molecule has 0 saturated carbocycles. The fourth-order valence-corrected chi connectivity index (χ4v) is 1.52. The van der Waals surface area contributed by atoms with E-state index >= 15 is 0 Å². The summed E-state index contributed by atoms with van der Waals surface area (Å²) in [5.74, 6) is -0.414. The Hall–Kier alpha value is -1.40. The first-order valence-electron chi connectivity index (χ1n) is 4.44. The van der Waals surface area contributed by atoms with Crippen LogP contribution in [0.1, 0.15) is 5.56 Å². The highest BCUT2D eigenvalue weighted by Crippen LogP contribution is 2.22. The predicted molar refractivity (Wildman–Crippen MR) is 55.9 cm³/mol. The van der Waals surface area contributed by atoms with E-state index in [0.717, 1.165) is 5.56 Å². The molecule has 1 rings (SSSR count). The maximum absolute atomic E-state index is 10.9. The molecule has 6 heteroatoms. The molecule has 0 N–H and O–H groups in total. The Labute approximate surface area is 95.7 Å². The summed E-state index contributed by atoms with van der Waals surface area (Å²) in [5, 5.41) is 0. The van der Waals surface area contributed by atoms with Gasteiger partial charge in [0.2, 0.25) is 0 Å². The smallest absolute Gasteiger partial charge is 0.343 e. The van der Waals surface area contributed by atoms with Crippen LogP contribution in [0, 0.1) is 6.92 Å². The zero-order valence-corrected chi connectivity index (χ0v) is 9.71. The van der Waals surface area contributed by atoms with Crippen molar-refractivity contribution in [2.75, 3.05) is 13.7 Å². The Morgan fingerprint density at radius 1 is 1.50 bits per heavy atom. The number of carbonyl (C=O) groups excluding carboxylic acids is 1. The van der Waals surface area contributed by atoms with Crippen LogP contribution in [-0.2, 0) is 20.6 Å². The molecule has 0 aliphatic rings. The first kappa shape index (κ1) is 12.7. The van der Waals surface area contributed by atoms with Gasteiger partial charge in [0.25, 0.3) is 0 Å². The SMILES string of the molecule is COC(=O)COc1cc(C)ccc1S(=O)[O-]. The summed E-state index contributed by atoms with van der Waals surface area (Å²) >= 11 is -2.39. The van der Waals surface area contributed by atoms with Crippen molar-refractivity contribution in [3.05, 3.63) is 23.8 Å². The van der Waals surface area contributed by atoms with Gasteiger partial charge in [-0.05, 0) is 35.7 Å². The van der Waals surface area contributed by atoms with E-state index in [2.05, 4.69) is 4.74 Å². The Morgan fingerprint density at radius 2 is 2.19 bits per heavy atom. The van der Waals surface area contributed by atoms with E-state index in [0.29, 0.717) is 0 Å². The zero-order valence-electron chi connectivity index (χ0n) is 8.89. The minimum absolute atomic E-state index is 0.0227.